The molecule has 1 atom stereocenters. The number of hydrogen-bond donors (Lipinski definition) is 1. The first-order valence-electron chi connectivity index (χ1n) is 4.15. The Balaban J connectivity index is 2.82. The predicted octanol–water partition coefficient (Wildman–Crippen LogP) is 1.86. The van der Waals surface area contributed by atoms with Gasteiger partial charge in [0, 0.05) is 13.1 Å². The van der Waals surface area contributed by atoms with Crippen LogP contribution < -0.4 is 5.84 Å². The molecule has 1 rings (SSSR count). The number of hydrogen-bond acceptors (Lipinski definition) is 2. The molecule has 0 spiro atoms. The first-order chi connectivity index (χ1) is 5.61. The molecule has 0 saturated heterocycles. The average Bonchev–Trinajstić information content (AvgIpc) is 2.04. The fraction of sp³-hybridized carbons (Fsp3) is 0.400. The molecule has 2 heteroatoms. The maximum atomic E-state index is 5.64. The van der Waals surface area contributed by atoms with Gasteiger partial charge in [-0.3, -0.25) is 5.84 Å². The summed E-state index contributed by atoms with van der Waals surface area (Å²) in [5.74, 6) is 5.64. The minimum atomic E-state index is 0.283. The quantitative estimate of drug-likeness (QED) is 0.534. The molecule has 1 aromatic rings. The van der Waals surface area contributed by atoms with Crippen LogP contribution >= 0.6 is 0 Å². The van der Waals surface area contributed by atoms with Gasteiger partial charge in [0.25, 0.3) is 0 Å². The van der Waals surface area contributed by atoms with Gasteiger partial charge >= 0.3 is 0 Å². The highest BCUT2D eigenvalue weighted by Gasteiger charge is 2.06. The lowest BCUT2D eigenvalue weighted by Gasteiger charge is -2.19. The van der Waals surface area contributed by atoms with Gasteiger partial charge in [-0.15, -0.1) is 0 Å². The fourth-order valence-corrected chi connectivity index (χ4v) is 1.08. The van der Waals surface area contributed by atoms with Crippen LogP contribution in [-0.2, 0) is 0 Å². The van der Waals surface area contributed by atoms with E-state index < -0.39 is 0 Å². The van der Waals surface area contributed by atoms with Crippen LogP contribution in [0.1, 0.15) is 24.1 Å². The van der Waals surface area contributed by atoms with Crippen LogP contribution in [0.2, 0.25) is 0 Å². The Labute approximate surface area is 74.0 Å². The molecule has 0 aliphatic rings. The van der Waals surface area contributed by atoms with Crippen LogP contribution in [-0.4, -0.2) is 12.1 Å². The summed E-state index contributed by atoms with van der Waals surface area (Å²) in [5.41, 5.74) is 2.54. The van der Waals surface area contributed by atoms with E-state index in [1.807, 2.05) is 7.05 Å². The minimum Gasteiger partial charge on any atom is -0.268 e. The first kappa shape index (κ1) is 9.23. The van der Waals surface area contributed by atoms with E-state index in [9.17, 15) is 0 Å². The van der Waals surface area contributed by atoms with Crippen LogP contribution in [0.5, 0.6) is 0 Å². The van der Waals surface area contributed by atoms with Crippen molar-refractivity contribution < 1.29 is 0 Å². The Morgan fingerprint density at radius 3 is 2.17 bits per heavy atom. The van der Waals surface area contributed by atoms with E-state index >= 15 is 0 Å². The molecule has 0 aromatic heterocycles. The first-order valence-corrected chi connectivity index (χ1v) is 4.15. The second-order valence-corrected chi connectivity index (χ2v) is 3.25. The molecule has 0 radical (unpaired) electrons. The number of nitrogens with zero attached hydrogens (tertiary/aromatic N) is 1. The molecule has 0 heterocycles. The zero-order chi connectivity index (χ0) is 9.14. The normalized spacial score (nSPS) is 13.4. The predicted molar refractivity (Wildman–Crippen MR) is 51.5 cm³/mol. The highest BCUT2D eigenvalue weighted by atomic mass is 15.4. The lowest BCUT2D eigenvalue weighted by molar-refractivity contribution is 0.270. The van der Waals surface area contributed by atoms with Crippen molar-refractivity contribution in [1.82, 2.24) is 5.01 Å². The molecule has 0 amide bonds. The summed E-state index contributed by atoms with van der Waals surface area (Å²) in [7, 11) is 1.88. The van der Waals surface area contributed by atoms with Gasteiger partial charge in [0.2, 0.25) is 0 Å². The molecule has 2 nitrogen and oxygen atoms in total. The van der Waals surface area contributed by atoms with Crippen LogP contribution in [0.15, 0.2) is 24.3 Å². The van der Waals surface area contributed by atoms with Crippen LogP contribution in [0, 0.1) is 6.92 Å². The van der Waals surface area contributed by atoms with Gasteiger partial charge in [-0.05, 0) is 19.4 Å². The molecule has 0 bridgehead atoms. The van der Waals surface area contributed by atoms with E-state index in [0.717, 1.165) is 0 Å². The summed E-state index contributed by atoms with van der Waals surface area (Å²) in [6, 6.07) is 8.72. The lowest BCUT2D eigenvalue weighted by atomic mass is 10.1. The smallest absolute Gasteiger partial charge is 0.0459 e. The molecular formula is C10H16N2. The van der Waals surface area contributed by atoms with Crippen molar-refractivity contribution in [3.05, 3.63) is 35.4 Å². The molecule has 1 aromatic carbocycles. The van der Waals surface area contributed by atoms with Crippen molar-refractivity contribution in [1.29, 1.82) is 0 Å². The number of nitrogens with two attached hydrogens (primary N) is 1. The van der Waals surface area contributed by atoms with Gasteiger partial charge in [-0.1, -0.05) is 29.8 Å². The summed E-state index contributed by atoms with van der Waals surface area (Å²) in [6.45, 7) is 4.17. The molecule has 12 heavy (non-hydrogen) atoms. The molecular weight excluding hydrogens is 148 g/mol. The molecule has 0 aliphatic heterocycles. The molecule has 0 aliphatic carbocycles. The third kappa shape index (κ3) is 2.06. The van der Waals surface area contributed by atoms with Gasteiger partial charge in [0.15, 0.2) is 0 Å². The van der Waals surface area contributed by atoms with E-state index in [2.05, 4.69) is 38.1 Å². The zero-order valence-corrected chi connectivity index (χ0v) is 7.91. The van der Waals surface area contributed by atoms with Crippen molar-refractivity contribution in [2.24, 2.45) is 5.84 Å². The summed E-state index contributed by atoms with van der Waals surface area (Å²) in [5, 5.41) is 1.71. The zero-order valence-electron chi connectivity index (χ0n) is 7.91. The van der Waals surface area contributed by atoms with Gasteiger partial charge < -0.3 is 0 Å². The molecule has 0 saturated carbocycles. The summed E-state index contributed by atoms with van der Waals surface area (Å²) >= 11 is 0. The largest absolute Gasteiger partial charge is 0.268 e. The SMILES string of the molecule is Cc1ccc(C(C)N(C)N)cc1. The Kier molecular flexibility index (Phi) is 2.84. The standard InChI is InChI=1S/C10H16N2/c1-8-4-6-10(7-5-8)9(2)12(3)11/h4-7,9H,11H2,1-3H3. The topological polar surface area (TPSA) is 29.3 Å². The summed E-state index contributed by atoms with van der Waals surface area (Å²) in [4.78, 5) is 0. The van der Waals surface area contributed by atoms with Gasteiger partial charge in [-0.2, -0.15) is 0 Å². The number of benzene rings is 1. The van der Waals surface area contributed by atoms with Gasteiger partial charge in [0.1, 0.15) is 0 Å². The number of hydrazine groups is 1. The minimum absolute atomic E-state index is 0.283. The van der Waals surface area contributed by atoms with E-state index in [4.69, 9.17) is 5.84 Å². The number of rotatable bonds is 2. The van der Waals surface area contributed by atoms with Crippen LogP contribution in [0.3, 0.4) is 0 Å². The highest BCUT2D eigenvalue weighted by Crippen LogP contribution is 2.15. The van der Waals surface area contributed by atoms with E-state index in [-0.39, 0.29) is 6.04 Å². The maximum Gasteiger partial charge on any atom is 0.0459 e. The van der Waals surface area contributed by atoms with E-state index in [1.54, 1.807) is 5.01 Å². The average molecular weight is 164 g/mol. The van der Waals surface area contributed by atoms with Crippen LogP contribution in [0.4, 0.5) is 0 Å². The summed E-state index contributed by atoms with van der Waals surface area (Å²) < 4.78 is 0. The fourth-order valence-electron chi connectivity index (χ4n) is 1.08. The molecule has 2 N–H and O–H groups in total. The molecule has 0 fully saturated rings. The third-order valence-corrected chi connectivity index (χ3v) is 2.17. The van der Waals surface area contributed by atoms with Gasteiger partial charge in [0.05, 0.1) is 0 Å². The highest BCUT2D eigenvalue weighted by molar-refractivity contribution is 5.23. The second-order valence-electron chi connectivity index (χ2n) is 3.25. The van der Waals surface area contributed by atoms with E-state index in [1.165, 1.54) is 11.1 Å². The van der Waals surface area contributed by atoms with Crippen molar-refractivity contribution in [3.63, 3.8) is 0 Å². The lowest BCUT2D eigenvalue weighted by Crippen LogP contribution is -2.29. The summed E-state index contributed by atoms with van der Waals surface area (Å²) in [6.07, 6.45) is 0. The Hall–Kier alpha value is -0.860. The van der Waals surface area contributed by atoms with E-state index in [0.29, 0.717) is 0 Å². The second kappa shape index (κ2) is 3.70. The van der Waals surface area contributed by atoms with Crippen molar-refractivity contribution in [2.75, 3.05) is 7.05 Å². The Morgan fingerprint density at radius 2 is 1.75 bits per heavy atom. The molecule has 66 valence electrons. The third-order valence-electron chi connectivity index (χ3n) is 2.17. The Morgan fingerprint density at radius 1 is 1.25 bits per heavy atom. The van der Waals surface area contributed by atoms with Crippen molar-refractivity contribution >= 4 is 0 Å². The van der Waals surface area contributed by atoms with Crippen LogP contribution in [0.25, 0.3) is 0 Å². The van der Waals surface area contributed by atoms with Crippen molar-refractivity contribution in [3.8, 4) is 0 Å². The number of aryl methyl sites for hydroxylation is 1. The molecule has 1 unspecified atom stereocenters. The maximum absolute atomic E-state index is 5.64. The Bertz CT molecular complexity index is 239. The van der Waals surface area contributed by atoms with Crippen molar-refractivity contribution in [2.45, 2.75) is 19.9 Å². The van der Waals surface area contributed by atoms with Gasteiger partial charge in [-0.25, -0.2) is 5.01 Å². The monoisotopic (exact) mass is 164 g/mol.